The lowest BCUT2D eigenvalue weighted by molar-refractivity contribution is -0.0111. The van der Waals surface area contributed by atoms with Crippen molar-refractivity contribution in [3.63, 3.8) is 0 Å². The summed E-state index contributed by atoms with van der Waals surface area (Å²) in [6.45, 7) is 4.85. The summed E-state index contributed by atoms with van der Waals surface area (Å²) in [6.07, 6.45) is 8.46. The van der Waals surface area contributed by atoms with E-state index < -0.39 is 0 Å². The molecule has 0 spiro atoms. The first-order chi connectivity index (χ1) is 7.90. The number of hydrogen-bond donors (Lipinski definition) is 2. The van der Waals surface area contributed by atoms with Gasteiger partial charge in [0.1, 0.15) is 0 Å². The Morgan fingerprint density at radius 1 is 0.688 bits per heavy atom. The molecule has 0 aromatic heterocycles. The van der Waals surface area contributed by atoms with Gasteiger partial charge >= 0.3 is 0 Å². The highest BCUT2D eigenvalue weighted by molar-refractivity contribution is 4.76. The fraction of sp³-hybridized carbons (Fsp3) is 1.00. The molecule has 0 aromatic carbocycles. The van der Waals surface area contributed by atoms with Crippen molar-refractivity contribution in [3.05, 3.63) is 0 Å². The Labute approximate surface area is 98.3 Å². The number of hydrogen-bond acceptors (Lipinski definition) is 4. The van der Waals surface area contributed by atoms with Gasteiger partial charge in [-0.15, -0.1) is 0 Å². The van der Waals surface area contributed by atoms with E-state index in [4.69, 9.17) is 0 Å². The first-order valence-corrected chi connectivity index (χ1v) is 6.91. The Hall–Kier alpha value is -0.160. The van der Waals surface area contributed by atoms with Gasteiger partial charge in [-0.3, -0.25) is 0 Å². The topological polar surface area (TPSA) is 30.5 Å². The lowest BCUT2D eigenvalue weighted by atomic mass is 9.87. The fourth-order valence-electron chi connectivity index (χ4n) is 3.42. The van der Waals surface area contributed by atoms with Crippen LogP contribution in [0.1, 0.15) is 38.5 Å². The summed E-state index contributed by atoms with van der Waals surface area (Å²) in [4.78, 5) is 0. The van der Waals surface area contributed by atoms with Gasteiger partial charge in [-0.2, -0.15) is 11.1 Å². The summed E-state index contributed by atoms with van der Waals surface area (Å²) < 4.78 is 0. The zero-order chi connectivity index (χ0) is 10.8. The number of rotatable bonds is 0. The zero-order valence-electron chi connectivity index (χ0n) is 10.1. The van der Waals surface area contributed by atoms with E-state index in [9.17, 15) is 0 Å². The van der Waals surface area contributed by atoms with Crippen LogP contribution in [0.5, 0.6) is 0 Å². The number of hydrazine groups is 3. The number of fused-ring (bicyclic) bond motifs is 4. The summed E-state index contributed by atoms with van der Waals surface area (Å²) in [5.41, 5.74) is 6.77. The van der Waals surface area contributed by atoms with E-state index in [1.165, 1.54) is 64.7 Å². The molecule has 4 bridgehead atoms. The van der Waals surface area contributed by atoms with Crippen molar-refractivity contribution in [3.8, 4) is 0 Å². The second-order valence-corrected chi connectivity index (χ2v) is 5.71. The third-order valence-electron chi connectivity index (χ3n) is 4.39. The third-order valence-corrected chi connectivity index (χ3v) is 4.39. The molecule has 3 heterocycles. The minimum Gasteiger partial charge on any atom is -0.229 e. The normalized spacial score (nSPS) is 45.0. The Morgan fingerprint density at radius 3 is 1.69 bits per heavy atom. The summed E-state index contributed by atoms with van der Waals surface area (Å²) in [6, 6.07) is 0. The maximum Gasteiger partial charge on any atom is 0.0173 e. The Kier molecular flexibility index (Phi) is 3.43. The molecule has 3 aliphatic rings. The average molecular weight is 224 g/mol. The van der Waals surface area contributed by atoms with Crippen LogP contribution < -0.4 is 11.1 Å². The number of nitrogens with zero attached hydrogens (tertiary/aromatic N) is 2. The van der Waals surface area contributed by atoms with E-state index in [1.807, 2.05) is 0 Å². The summed E-state index contributed by atoms with van der Waals surface area (Å²) in [7, 11) is 0. The molecule has 16 heavy (non-hydrogen) atoms. The van der Waals surface area contributed by atoms with Crippen molar-refractivity contribution in [2.45, 2.75) is 38.5 Å². The predicted molar refractivity (Wildman–Crippen MR) is 64.1 cm³/mol. The quantitative estimate of drug-likeness (QED) is 0.646. The smallest absolute Gasteiger partial charge is 0.0173 e. The lowest BCUT2D eigenvalue weighted by Crippen LogP contribution is -2.59. The highest BCUT2D eigenvalue weighted by atomic mass is 15.8. The van der Waals surface area contributed by atoms with E-state index in [2.05, 4.69) is 21.1 Å². The molecule has 0 amide bonds. The molecule has 0 aliphatic carbocycles. The Balaban J connectivity index is 1.64. The molecule has 3 fully saturated rings. The van der Waals surface area contributed by atoms with E-state index in [1.54, 1.807) is 0 Å². The van der Waals surface area contributed by atoms with Crippen LogP contribution in [0.15, 0.2) is 0 Å². The molecule has 0 radical (unpaired) electrons. The monoisotopic (exact) mass is 224 g/mol. The summed E-state index contributed by atoms with van der Waals surface area (Å²) >= 11 is 0. The maximum atomic E-state index is 3.39. The van der Waals surface area contributed by atoms with Gasteiger partial charge in [0.2, 0.25) is 0 Å². The standard InChI is InChI=1S/C12H24N4/c1-3-11-5-6-12-4-2-8-16(10-12)14-13-15(7-1)9-11/h11-14H,1-10H2. The van der Waals surface area contributed by atoms with Crippen LogP contribution in [0, 0.1) is 11.8 Å². The van der Waals surface area contributed by atoms with E-state index >= 15 is 0 Å². The second-order valence-electron chi connectivity index (χ2n) is 5.71. The maximum absolute atomic E-state index is 3.39. The largest absolute Gasteiger partial charge is 0.229 e. The molecule has 0 aromatic rings. The molecule has 4 nitrogen and oxygen atoms in total. The molecule has 4 unspecified atom stereocenters. The van der Waals surface area contributed by atoms with Crippen LogP contribution in [-0.4, -0.2) is 36.2 Å². The highest BCUT2D eigenvalue weighted by Gasteiger charge is 2.26. The fourth-order valence-corrected chi connectivity index (χ4v) is 3.42. The number of piperidine rings is 2. The van der Waals surface area contributed by atoms with Gasteiger partial charge in [0.25, 0.3) is 0 Å². The SMILES string of the molecule is C1CC2CCC3CCCN(C3)NNN(C1)C2. The Morgan fingerprint density at radius 2 is 1.19 bits per heavy atom. The molecule has 3 saturated heterocycles. The molecule has 92 valence electrons. The van der Waals surface area contributed by atoms with Gasteiger partial charge in [0.15, 0.2) is 0 Å². The van der Waals surface area contributed by atoms with E-state index in [0.29, 0.717) is 0 Å². The van der Waals surface area contributed by atoms with Crippen molar-refractivity contribution in [2.75, 3.05) is 26.2 Å². The van der Waals surface area contributed by atoms with Crippen molar-refractivity contribution < 1.29 is 0 Å². The zero-order valence-corrected chi connectivity index (χ0v) is 10.1. The highest BCUT2D eigenvalue weighted by Crippen LogP contribution is 2.26. The molecule has 3 aliphatic heterocycles. The summed E-state index contributed by atoms with van der Waals surface area (Å²) in [5, 5.41) is 4.73. The second kappa shape index (κ2) is 5.00. The first-order valence-electron chi connectivity index (χ1n) is 6.91. The average Bonchev–Trinajstić information content (AvgIpc) is 2.34. The predicted octanol–water partition coefficient (Wildman–Crippen LogP) is 1.13. The van der Waals surface area contributed by atoms with Crippen molar-refractivity contribution >= 4 is 0 Å². The molecular weight excluding hydrogens is 200 g/mol. The van der Waals surface area contributed by atoms with Crippen LogP contribution in [0.25, 0.3) is 0 Å². The summed E-state index contributed by atoms with van der Waals surface area (Å²) in [5.74, 6) is 1.85. The number of nitrogens with one attached hydrogen (secondary N) is 2. The van der Waals surface area contributed by atoms with Crippen LogP contribution >= 0.6 is 0 Å². The minimum atomic E-state index is 0.927. The molecule has 0 saturated carbocycles. The van der Waals surface area contributed by atoms with Gasteiger partial charge in [0.05, 0.1) is 0 Å². The van der Waals surface area contributed by atoms with E-state index in [0.717, 1.165) is 11.8 Å². The van der Waals surface area contributed by atoms with Crippen LogP contribution in [0.2, 0.25) is 0 Å². The molecule has 4 atom stereocenters. The molecule has 3 rings (SSSR count). The lowest BCUT2D eigenvalue weighted by Gasteiger charge is -2.40. The first kappa shape index (κ1) is 11.0. The Bertz CT molecular complexity index is 189. The van der Waals surface area contributed by atoms with Gasteiger partial charge < -0.3 is 0 Å². The molecule has 4 heteroatoms. The van der Waals surface area contributed by atoms with Crippen molar-refractivity contribution in [1.29, 1.82) is 0 Å². The van der Waals surface area contributed by atoms with Gasteiger partial charge in [-0.05, 0) is 50.4 Å². The van der Waals surface area contributed by atoms with E-state index in [-0.39, 0.29) is 0 Å². The molecule has 2 N–H and O–H groups in total. The van der Waals surface area contributed by atoms with Gasteiger partial charge in [-0.1, -0.05) is 0 Å². The molecular formula is C12H24N4. The minimum absolute atomic E-state index is 0.927. The van der Waals surface area contributed by atoms with Crippen molar-refractivity contribution in [1.82, 2.24) is 21.1 Å². The van der Waals surface area contributed by atoms with Gasteiger partial charge in [-0.25, -0.2) is 10.0 Å². The third kappa shape index (κ3) is 2.56. The van der Waals surface area contributed by atoms with Crippen LogP contribution in [-0.2, 0) is 0 Å². The van der Waals surface area contributed by atoms with Crippen molar-refractivity contribution in [2.24, 2.45) is 11.8 Å². The van der Waals surface area contributed by atoms with Crippen LogP contribution in [0.3, 0.4) is 0 Å². The van der Waals surface area contributed by atoms with Crippen LogP contribution in [0.4, 0.5) is 0 Å². The van der Waals surface area contributed by atoms with Gasteiger partial charge in [0, 0.05) is 26.2 Å².